The molecule has 6 aromatic heterocycles. The Labute approximate surface area is 492 Å². The fourth-order valence-electron chi connectivity index (χ4n) is 11.8. The lowest BCUT2D eigenvalue weighted by Gasteiger charge is -2.28. The van der Waals surface area contributed by atoms with E-state index in [9.17, 15) is 17.6 Å². The fraction of sp³-hybridized carbons (Fsp3) is 0.171. The molecule has 16 rings (SSSR count). The minimum atomic E-state index is -0.286. The second-order valence-electron chi connectivity index (χ2n) is 22.3. The number of hydrogen-bond donors (Lipinski definition) is 0. The number of anilines is 2. The van der Waals surface area contributed by atoms with Crippen molar-refractivity contribution in [1.29, 1.82) is 0 Å². The Balaban J connectivity index is 0.000000106. The molecule has 8 aromatic carbocycles. The zero-order valence-electron chi connectivity index (χ0n) is 49.2. The summed E-state index contributed by atoms with van der Waals surface area (Å²) in [4.78, 5) is 8.75. The molecule has 0 fully saturated rings. The molecular formula is C70H62F4N8O4+2. The van der Waals surface area contributed by atoms with Gasteiger partial charge in [0, 0.05) is 142 Å². The maximum Gasteiger partial charge on any atom is 0.195 e. The number of aryl methyl sites for hydroxylation is 6. The van der Waals surface area contributed by atoms with E-state index in [1.54, 1.807) is 24.3 Å². The van der Waals surface area contributed by atoms with Crippen LogP contribution in [0, 0.1) is 51.0 Å². The van der Waals surface area contributed by atoms with Gasteiger partial charge in [-0.2, -0.15) is 0 Å². The number of benzene rings is 8. The van der Waals surface area contributed by atoms with Crippen molar-refractivity contribution < 1.29 is 44.6 Å². The van der Waals surface area contributed by atoms with Crippen LogP contribution in [0.4, 0.5) is 28.9 Å². The van der Waals surface area contributed by atoms with Gasteiger partial charge in [0.15, 0.2) is 37.8 Å². The monoisotopic (exact) mass is 1150 g/mol. The van der Waals surface area contributed by atoms with Crippen LogP contribution in [-0.4, -0.2) is 45.6 Å². The summed E-state index contributed by atoms with van der Waals surface area (Å²) in [5.74, 6) is -1.12. The van der Waals surface area contributed by atoms with E-state index >= 15 is 0 Å². The Bertz CT molecular complexity index is 5030. The predicted octanol–water partition coefficient (Wildman–Crippen LogP) is 16.5. The van der Waals surface area contributed by atoms with E-state index in [1.807, 2.05) is 101 Å². The zero-order valence-corrected chi connectivity index (χ0v) is 49.2. The molecule has 0 N–H and O–H groups in total. The van der Waals surface area contributed by atoms with Crippen LogP contribution in [-0.2, 0) is 14.1 Å². The van der Waals surface area contributed by atoms with Gasteiger partial charge >= 0.3 is 0 Å². The van der Waals surface area contributed by atoms with Crippen molar-refractivity contribution in [2.24, 2.45) is 14.1 Å². The smallest absolute Gasteiger partial charge is 0.195 e. The maximum atomic E-state index is 13.4. The molecule has 2 atom stereocenters. The van der Waals surface area contributed by atoms with Crippen LogP contribution >= 0.6 is 0 Å². The molecular weight excluding hydrogens is 1090 g/mol. The number of fused-ring (bicyclic) bond motifs is 12. The highest BCUT2D eigenvalue weighted by Gasteiger charge is 2.25. The zero-order chi connectivity index (χ0) is 60.0. The Kier molecular flexibility index (Phi) is 13.7. The highest BCUT2D eigenvalue weighted by atomic mass is 19.1. The number of rotatable bonds is 4. The van der Waals surface area contributed by atoms with Gasteiger partial charge in [0.25, 0.3) is 0 Å². The highest BCUT2D eigenvalue weighted by molar-refractivity contribution is 6.09. The molecule has 0 spiro atoms. The van der Waals surface area contributed by atoms with E-state index in [2.05, 4.69) is 117 Å². The molecule has 86 heavy (non-hydrogen) atoms. The number of furan rings is 4. The van der Waals surface area contributed by atoms with Gasteiger partial charge in [-0.3, -0.25) is 0 Å². The Hall–Kier alpha value is -10.2. The second-order valence-corrected chi connectivity index (χ2v) is 22.3. The molecule has 0 saturated heterocycles. The molecule has 8 heterocycles. The standard InChI is InChI=1S/2C18H17FN2O.2C17H14FN2O/c1-11-8-17-15(14-5-4-13(19)9-18(14)22-17)10-16(11)21-7-6-20(3)12(21)2;1-11-8-15-14-5-4-13(19)9-17(14)22-18(15)10-16(11)21-7-6-20(3)12(21)2;1-11-4-6-14-13-7-5-12(18)10-15(13)21-17(14)16(11)20-9-3-8-19(20)2;1-11-8-14-13-5-4-12(18)9-16(13)21-17(14)10-15(11)20-7-3-6-19(20)2/h2*4-10,12H,1-3H3;2*3-10H,1-2H3/q;;2*+1/t2*12-;;/m00../s1. The van der Waals surface area contributed by atoms with Crippen molar-refractivity contribution in [2.75, 3.05) is 23.9 Å². The van der Waals surface area contributed by atoms with E-state index in [1.165, 1.54) is 54.1 Å². The van der Waals surface area contributed by atoms with Crippen LogP contribution < -0.4 is 19.2 Å². The normalized spacial score (nSPS) is 14.9. The molecule has 432 valence electrons. The maximum absolute atomic E-state index is 13.4. The summed E-state index contributed by atoms with van der Waals surface area (Å²) in [6.07, 6.45) is 16.7. The lowest BCUT2D eigenvalue weighted by atomic mass is 10.1. The van der Waals surface area contributed by atoms with E-state index in [-0.39, 0.29) is 35.6 Å². The fourth-order valence-corrected chi connectivity index (χ4v) is 11.8. The topological polar surface area (TPSA) is 83.1 Å². The summed E-state index contributed by atoms with van der Waals surface area (Å²) in [5.41, 5.74) is 14.3. The molecule has 12 nitrogen and oxygen atoms in total. The second kappa shape index (κ2) is 21.4. The van der Waals surface area contributed by atoms with Crippen molar-refractivity contribution >= 4 is 99.1 Å². The van der Waals surface area contributed by atoms with Crippen molar-refractivity contribution in [3.05, 3.63) is 229 Å². The van der Waals surface area contributed by atoms with Gasteiger partial charge in [0.05, 0.1) is 12.4 Å². The minimum Gasteiger partial charge on any atom is -0.456 e. The largest absolute Gasteiger partial charge is 0.456 e. The Morgan fingerprint density at radius 3 is 1.20 bits per heavy atom. The predicted molar refractivity (Wildman–Crippen MR) is 332 cm³/mol. The summed E-state index contributed by atoms with van der Waals surface area (Å²) in [6.45, 7) is 12.6. The molecule has 2 aliphatic rings. The summed E-state index contributed by atoms with van der Waals surface area (Å²) in [7, 11) is 8.07. The van der Waals surface area contributed by atoms with Crippen LogP contribution in [0.3, 0.4) is 0 Å². The third kappa shape index (κ3) is 9.69. The summed E-state index contributed by atoms with van der Waals surface area (Å²) < 4.78 is 84.9. The number of hydrogen-bond acceptors (Lipinski definition) is 8. The molecule has 0 unspecified atom stereocenters. The lowest BCUT2D eigenvalue weighted by molar-refractivity contribution is -0.744. The highest BCUT2D eigenvalue weighted by Crippen LogP contribution is 2.40. The van der Waals surface area contributed by atoms with Crippen molar-refractivity contribution in [1.82, 2.24) is 19.2 Å². The SMILES string of the molecule is Cc1cc2c(cc1-n1ccc[n+]1C)oc1cc(F)ccc12.Cc1cc2c(cc1N1C=CN(C)[C@@H]1C)oc1cc(F)ccc12.Cc1cc2oc3cc(F)ccc3c2cc1N1C=CN(C)[C@@H]1C.Cc1ccc2c(oc3cc(F)ccc32)c1-n1ccc[n+]1C. The first kappa shape index (κ1) is 55.0. The van der Waals surface area contributed by atoms with E-state index in [0.29, 0.717) is 22.3 Å². The van der Waals surface area contributed by atoms with Gasteiger partial charge in [-0.25, -0.2) is 17.6 Å². The average molecular weight is 1160 g/mol. The Morgan fingerprint density at radius 2 is 0.744 bits per heavy atom. The molecule has 16 heteroatoms. The van der Waals surface area contributed by atoms with Crippen LogP contribution in [0.25, 0.3) is 99.1 Å². The lowest BCUT2D eigenvalue weighted by Crippen LogP contribution is -2.37. The Morgan fingerprint density at radius 1 is 0.372 bits per heavy atom. The van der Waals surface area contributed by atoms with Gasteiger partial charge in [0.1, 0.15) is 80.4 Å². The van der Waals surface area contributed by atoms with Gasteiger partial charge in [0.2, 0.25) is 0 Å². The van der Waals surface area contributed by atoms with Gasteiger partial charge in [-0.05, 0) is 137 Å². The quantitative estimate of drug-likeness (QED) is 0.127. The molecule has 0 radical (unpaired) electrons. The first-order valence-electron chi connectivity index (χ1n) is 28.3. The van der Waals surface area contributed by atoms with Gasteiger partial charge in [-0.15, -0.1) is 18.7 Å². The molecule has 14 aromatic rings. The van der Waals surface area contributed by atoms with Crippen molar-refractivity contribution in [3.8, 4) is 11.4 Å². The summed E-state index contributed by atoms with van der Waals surface area (Å²) >= 11 is 0. The van der Waals surface area contributed by atoms with E-state index in [4.69, 9.17) is 17.7 Å². The molecule has 0 saturated carbocycles. The number of aromatic nitrogens is 4. The number of nitrogens with zero attached hydrogens (tertiary/aromatic N) is 8. The average Bonchev–Trinajstić information content (AvgIpc) is 2.04. The third-order valence-electron chi connectivity index (χ3n) is 16.7. The first-order chi connectivity index (χ1) is 41.4. The van der Waals surface area contributed by atoms with Crippen molar-refractivity contribution in [3.63, 3.8) is 0 Å². The van der Waals surface area contributed by atoms with Gasteiger partial charge in [-0.1, -0.05) is 12.1 Å². The van der Waals surface area contributed by atoms with Crippen LogP contribution in [0.1, 0.15) is 36.1 Å². The third-order valence-corrected chi connectivity index (χ3v) is 16.7. The molecule has 2 aliphatic heterocycles. The first-order valence-corrected chi connectivity index (χ1v) is 28.3. The van der Waals surface area contributed by atoms with Crippen LogP contribution in [0.5, 0.6) is 0 Å². The van der Waals surface area contributed by atoms with Crippen LogP contribution in [0.15, 0.2) is 201 Å². The van der Waals surface area contributed by atoms with Crippen molar-refractivity contribution in [2.45, 2.75) is 53.9 Å². The number of halogens is 4. The van der Waals surface area contributed by atoms with E-state index < -0.39 is 0 Å². The van der Waals surface area contributed by atoms with Gasteiger partial charge < -0.3 is 37.3 Å². The minimum absolute atomic E-state index is 0.262. The molecule has 0 bridgehead atoms. The summed E-state index contributed by atoms with van der Waals surface area (Å²) in [6, 6.07) is 39.2. The van der Waals surface area contributed by atoms with E-state index in [0.717, 1.165) is 105 Å². The molecule has 0 aliphatic carbocycles. The molecule has 0 amide bonds. The van der Waals surface area contributed by atoms with Crippen LogP contribution in [0.2, 0.25) is 0 Å². The summed E-state index contributed by atoms with van der Waals surface area (Å²) in [5, 5.41) is 7.84.